The van der Waals surface area contributed by atoms with Gasteiger partial charge in [-0.05, 0) is 115 Å². The quantitative estimate of drug-likeness (QED) is 0.304. The predicted octanol–water partition coefficient (Wildman–Crippen LogP) is 6.15. The lowest BCUT2D eigenvalue weighted by Crippen LogP contribution is -2.44. The molecule has 12 heteroatoms. The Labute approximate surface area is 256 Å². The zero-order valence-electron chi connectivity index (χ0n) is 23.3. The number of hydrogen-bond acceptors (Lipinski definition) is 6. The van der Waals surface area contributed by atoms with E-state index in [1.165, 1.54) is 0 Å². The van der Waals surface area contributed by atoms with Crippen molar-refractivity contribution in [1.82, 2.24) is 9.44 Å². The van der Waals surface area contributed by atoms with Crippen LogP contribution in [0.4, 0.5) is 0 Å². The van der Waals surface area contributed by atoms with Crippen molar-refractivity contribution in [2.75, 3.05) is 0 Å². The average molecular weight is 725 g/mol. The van der Waals surface area contributed by atoms with Crippen molar-refractivity contribution >= 4 is 51.9 Å². The summed E-state index contributed by atoms with van der Waals surface area (Å²) in [5.74, 6) is 1.54. The van der Waals surface area contributed by atoms with Crippen LogP contribution in [0.2, 0.25) is 0 Å². The average Bonchev–Trinajstić information content (AvgIpc) is 3.50. The minimum absolute atomic E-state index is 0.0929. The summed E-state index contributed by atoms with van der Waals surface area (Å²) in [7, 11) is -6.50. The Morgan fingerprint density at radius 1 is 0.625 bits per heavy atom. The summed E-state index contributed by atoms with van der Waals surface area (Å²) in [5.41, 5.74) is 0. The third-order valence-corrected chi connectivity index (χ3v) is 11.8. The van der Waals surface area contributed by atoms with Gasteiger partial charge in [0.1, 0.15) is 23.7 Å². The number of rotatable bonds is 10. The highest BCUT2D eigenvalue weighted by molar-refractivity contribution is 9.10. The van der Waals surface area contributed by atoms with E-state index in [9.17, 15) is 16.8 Å². The third-order valence-electron chi connectivity index (χ3n) is 6.98. The molecular weight excluding hydrogens is 684 g/mol. The molecule has 2 aromatic carbocycles. The smallest absolute Gasteiger partial charge is 0.214 e. The van der Waals surface area contributed by atoms with Crippen molar-refractivity contribution in [3.05, 3.63) is 57.5 Å². The molecule has 4 rings (SSSR count). The molecule has 0 heterocycles. The van der Waals surface area contributed by atoms with E-state index in [4.69, 9.17) is 9.47 Å². The maximum absolute atomic E-state index is 12.0. The van der Waals surface area contributed by atoms with E-state index in [1.807, 2.05) is 48.5 Å². The maximum atomic E-state index is 12.0. The molecule has 0 spiro atoms. The lowest BCUT2D eigenvalue weighted by atomic mass is 10.2. The highest BCUT2D eigenvalue weighted by Crippen LogP contribution is 2.28. The van der Waals surface area contributed by atoms with Gasteiger partial charge in [-0.3, -0.25) is 0 Å². The Hall–Kier alpha value is -1.18. The van der Waals surface area contributed by atoms with Gasteiger partial charge in [0.2, 0.25) is 20.0 Å². The summed E-state index contributed by atoms with van der Waals surface area (Å²) in [4.78, 5) is 0. The Morgan fingerprint density at radius 3 is 1.25 bits per heavy atom. The standard InChI is InChI=1S/2C14H20BrNO3S/c2*1-10(2)20(17,18)16-13-4-3-5-14(13)19-12-8-6-11(15)7-9-12/h2*6-10,13-14,16H,3-5H2,1-2H3. The fraction of sp³-hybridized carbons (Fsp3) is 0.571. The van der Waals surface area contributed by atoms with Crippen molar-refractivity contribution in [2.45, 2.75) is 101 Å². The van der Waals surface area contributed by atoms with E-state index < -0.39 is 30.5 Å². The van der Waals surface area contributed by atoms with Gasteiger partial charge in [0.25, 0.3) is 0 Å². The summed E-state index contributed by atoms with van der Waals surface area (Å²) in [6.07, 6.45) is 5.18. The first-order valence-electron chi connectivity index (χ1n) is 13.6. The fourth-order valence-electron chi connectivity index (χ4n) is 4.47. The van der Waals surface area contributed by atoms with Crippen molar-refractivity contribution < 1.29 is 26.3 Å². The molecule has 40 heavy (non-hydrogen) atoms. The lowest BCUT2D eigenvalue weighted by Gasteiger charge is -2.23. The second-order valence-corrected chi connectivity index (χ2v) is 17.1. The van der Waals surface area contributed by atoms with Crippen molar-refractivity contribution in [1.29, 1.82) is 0 Å². The van der Waals surface area contributed by atoms with E-state index in [0.29, 0.717) is 0 Å². The highest BCUT2D eigenvalue weighted by atomic mass is 79.9. The summed E-state index contributed by atoms with van der Waals surface area (Å²) >= 11 is 6.76. The Bertz CT molecular complexity index is 1190. The van der Waals surface area contributed by atoms with Gasteiger partial charge in [0, 0.05) is 8.95 Å². The van der Waals surface area contributed by atoms with Crippen molar-refractivity contribution in [2.24, 2.45) is 0 Å². The summed E-state index contributed by atoms with van der Waals surface area (Å²) < 4.78 is 67.2. The molecule has 2 aromatic rings. The summed E-state index contributed by atoms with van der Waals surface area (Å²) in [5, 5.41) is -0.840. The van der Waals surface area contributed by atoms with E-state index in [0.717, 1.165) is 59.0 Å². The monoisotopic (exact) mass is 722 g/mol. The topological polar surface area (TPSA) is 111 Å². The van der Waals surface area contributed by atoms with Crippen LogP contribution in [0.25, 0.3) is 0 Å². The van der Waals surface area contributed by atoms with Gasteiger partial charge in [0.05, 0.1) is 22.6 Å². The Balaban J connectivity index is 0.000000220. The highest BCUT2D eigenvalue weighted by Gasteiger charge is 2.34. The molecule has 0 radical (unpaired) electrons. The third kappa shape index (κ3) is 9.97. The van der Waals surface area contributed by atoms with Crippen LogP contribution >= 0.6 is 31.9 Å². The molecule has 8 nitrogen and oxygen atoms in total. The first-order chi connectivity index (χ1) is 18.8. The lowest BCUT2D eigenvalue weighted by molar-refractivity contribution is 0.185. The summed E-state index contributed by atoms with van der Waals surface area (Å²) in [6.45, 7) is 6.73. The summed E-state index contributed by atoms with van der Waals surface area (Å²) in [6, 6.07) is 14.9. The van der Waals surface area contributed by atoms with Gasteiger partial charge < -0.3 is 9.47 Å². The molecule has 0 bridgehead atoms. The van der Waals surface area contributed by atoms with Crippen LogP contribution in [0.3, 0.4) is 0 Å². The van der Waals surface area contributed by atoms with Crippen LogP contribution in [0.5, 0.6) is 11.5 Å². The maximum Gasteiger partial charge on any atom is 0.214 e. The molecule has 4 unspecified atom stereocenters. The van der Waals surface area contributed by atoms with E-state index in [2.05, 4.69) is 41.3 Å². The first kappa shape index (κ1) is 33.3. The molecule has 2 N–H and O–H groups in total. The zero-order valence-corrected chi connectivity index (χ0v) is 28.2. The molecule has 2 saturated carbocycles. The SMILES string of the molecule is CC(C)S(=O)(=O)NC1CCCC1Oc1ccc(Br)cc1.CC(C)S(=O)(=O)NC1CCCC1Oc1ccc(Br)cc1. The van der Waals surface area contributed by atoms with Crippen LogP contribution < -0.4 is 18.9 Å². The number of halogens is 2. The van der Waals surface area contributed by atoms with Gasteiger partial charge >= 0.3 is 0 Å². The van der Waals surface area contributed by atoms with Crippen LogP contribution in [0.15, 0.2) is 57.5 Å². The zero-order chi connectivity index (χ0) is 29.5. The van der Waals surface area contributed by atoms with E-state index in [-0.39, 0.29) is 24.3 Å². The van der Waals surface area contributed by atoms with Crippen LogP contribution in [-0.4, -0.2) is 51.6 Å². The second-order valence-electron chi connectivity index (χ2n) is 10.7. The van der Waals surface area contributed by atoms with Gasteiger partial charge in [-0.25, -0.2) is 26.3 Å². The van der Waals surface area contributed by atoms with Crippen LogP contribution in [0, 0.1) is 0 Å². The predicted molar refractivity (Wildman–Crippen MR) is 167 cm³/mol. The van der Waals surface area contributed by atoms with Crippen molar-refractivity contribution in [3.63, 3.8) is 0 Å². The molecule has 0 saturated heterocycles. The fourth-order valence-corrected chi connectivity index (χ4v) is 6.93. The molecule has 224 valence electrons. The van der Waals surface area contributed by atoms with Gasteiger partial charge in [0.15, 0.2) is 0 Å². The van der Waals surface area contributed by atoms with Gasteiger partial charge in [-0.2, -0.15) is 0 Å². The number of ether oxygens (including phenoxy) is 2. The molecule has 2 fully saturated rings. The van der Waals surface area contributed by atoms with E-state index in [1.54, 1.807) is 27.7 Å². The number of nitrogens with one attached hydrogen (secondary N) is 2. The van der Waals surface area contributed by atoms with E-state index >= 15 is 0 Å². The molecule has 0 aromatic heterocycles. The first-order valence-corrected chi connectivity index (χ1v) is 18.3. The Morgan fingerprint density at radius 2 is 0.950 bits per heavy atom. The minimum atomic E-state index is -3.25. The molecule has 0 amide bonds. The second kappa shape index (κ2) is 14.8. The molecule has 2 aliphatic carbocycles. The minimum Gasteiger partial charge on any atom is -0.489 e. The van der Waals surface area contributed by atoms with Crippen molar-refractivity contribution in [3.8, 4) is 11.5 Å². The molecule has 4 atom stereocenters. The molecule has 0 aliphatic heterocycles. The Kier molecular flexibility index (Phi) is 12.3. The van der Waals surface area contributed by atoms with Crippen LogP contribution in [0.1, 0.15) is 66.2 Å². The largest absolute Gasteiger partial charge is 0.489 e. The number of sulfonamides is 2. The van der Waals surface area contributed by atoms with Gasteiger partial charge in [-0.15, -0.1) is 0 Å². The molecular formula is C28H40Br2N2O6S2. The number of hydrogen-bond donors (Lipinski definition) is 2. The number of benzene rings is 2. The molecule has 2 aliphatic rings. The van der Waals surface area contributed by atoms with Gasteiger partial charge in [-0.1, -0.05) is 31.9 Å². The van der Waals surface area contributed by atoms with Crippen LogP contribution in [-0.2, 0) is 20.0 Å². The normalized spacial score (nSPS) is 23.2.